The summed E-state index contributed by atoms with van der Waals surface area (Å²) in [6.45, 7) is 1.53. The molecule has 0 radical (unpaired) electrons. The van der Waals surface area contributed by atoms with E-state index in [9.17, 15) is 9.59 Å². The van der Waals surface area contributed by atoms with Crippen molar-refractivity contribution in [2.24, 2.45) is 5.73 Å². The number of hydrogen-bond acceptors (Lipinski definition) is 3. The number of primary amides is 1. The number of likely N-dealkylation sites (tertiary alicyclic amines) is 1. The molecule has 1 fully saturated rings. The molecule has 1 atom stereocenters. The van der Waals surface area contributed by atoms with E-state index in [0.717, 1.165) is 38.8 Å². The number of nitrogens with one attached hydrogen (secondary N) is 1. The Labute approximate surface area is 118 Å². The Hall–Kier alpha value is -2.05. The van der Waals surface area contributed by atoms with Crippen LogP contribution in [0.1, 0.15) is 25.7 Å². The summed E-state index contributed by atoms with van der Waals surface area (Å²) in [7, 11) is 0. The molecular formula is C13H21N5O2. The number of piperidine rings is 1. The summed E-state index contributed by atoms with van der Waals surface area (Å²) >= 11 is 0. The minimum Gasteiger partial charge on any atom is -0.352 e. The Morgan fingerprint density at radius 1 is 1.40 bits per heavy atom. The van der Waals surface area contributed by atoms with Crippen molar-refractivity contribution in [1.82, 2.24) is 20.0 Å². The maximum absolute atomic E-state index is 12.1. The van der Waals surface area contributed by atoms with Gasteiger partial charge in [-0.25, -0.2) is 4.79 Å². The van der Waals surface area contributed by atoms with Crippen molar-refractivity contribution in [3.05, 3.63) is 18.5 Å². The molecule has 3 amide bonds. The number of nitrogens with zero attached hydrogens (tertiary/aromatic N) is 3. The topological polar surface area (TPSA) is 93.2 Å². The van der Waals surface area contributed by atoms with Gasteiger partial charge in [-0.15, -0.1) is 0 Å². The van der Waals surface area contributed by atoms with Gasteiger partial charge in [0.1, 0.15) is 0 Å². The van der Waals surface area contributed by atoms with Crippen LogP contribution in [-0.2, 0) is 11.3 Å². The zero-order chi connectivity index (χ0) is 14.4. The summed E-state index contributed by atoms with van der Waals surface area (Å²) < 4.78 is 1.87. The lowest BCUT2D eigenvalue weighted by atomic mass is 9.99. The molecule has 0 saturated carbocycles. The highest BCUT2D eigenvalue weighted by molar-refractivity contribution is 5.83. The molecule has 20 heavy (non-hydrogen) atoms. The predicted octanol–water partition coefficient (Wildman–Crippen LogP) is 0.323. The van der Waals surface area contributed by atoms with Crippen molar-refractivity contribution < 1.29 is 9.59 Å². The van der Waals surface area contributed by atoms with Crippen molar-refractivity contribution in [1.29, 1.82) is 0 Å². The van der Waals surface area contributed by atoms with E-state index in [1.807, 2.05) is 21.8 Å². The molecule has 1 aliphatic heterocycles. The molecule has 0 spiro atoms. The fraction of sp³-hybridized carbons (Fsp3) is 0.615. The van der Waals surface area contributed by atoms with Crippen LogP contribution in [0.2, 0.25) is 0 Å². The lowest BCUT2D eigenvalue weighted by molar-refractivity contribution is -0.133. The highest BCUT2D eigenvalue weighted by atomic mass is 16.2. The maximum Gasteiger partial charge on any atom is 0.312 e. The number of amides is 3. The Balaban J connectivity index is 1.87. The molecule has 1 saturated heterocycles. The Morgan fingerprint density at radius 2 is 2.25 bits per heavy atom. The largest absolute Gasteiger partial charge is 0.352 e. The molecule has 0 bridgehead atoms. The van der Waals surface area contributed by atoms with Crippen LogP contribution in [0.25, 0.3) is 0 Å². The highest BCUT2D eigenvalue weighted by Gasteiger charge is 2.26. The van der Waals surface area contributed by atoms with Gasteiger partial charge in [0, 0.05) is 31.5 Å². The lowest BCUT2D eigenvalue weighted by Crippen LogP contribution is -2.49. The molecule has 0 aliphatic carbocycles. The van der Waals surface area contributed by atoms with Crippen LogP contribution in [0, 0.1) is 0 Å². The second-order valence-corrected chi connectivity index (χ2v) is 5.01. The third-order valence-electron chi connectivity index (χ3n) is 3.61. The van der Waals surface area contributed by atoms with Gasteiger partial charge in [-0.3, -0.25) is 9.48 Å². The van der Waals surface area contributed by atoms with Crippen LogP contribution in [0.3, 0.4) is 0 Å². The molecule has 7 nitrogen and oxygen atoms in total. The van der Waals surface area contributed by atoms with Crippen LogP contribution in [-0.4, -0.2) is 45.8 Å². The summed E-state index contributed by atoms with van der Waals surface area (Å²) in [5.74, 6) is -0.0611. The number of aromatic nitrogens is 2. The van der Waals surface area contributed by atoms with Crippen molar-refractivity contribution in [3.8, 4) is 0 Å². The molecule has 3 N–H and O–H groups in total. The van der Waals surface area contributed by atoms with Crippen LogP contribution in [0.4, 0.5) is 4.79 Å². The van der Waals surface area contributed by atoms with E-state index in [2.05, 4.69) is 10.4 Å². The standard InChI is InChI=1S/C13H21N5O2/c14-13(20)15-10-12(19)18-8-2-1-4-11(18)5-9-17-7-3-6-16-17/h3,6-7,11H,1-2,4-5,8-10H2,(H3,14,15,20)/t11-/m0/s1. The Kier molecular flexibility index (Phi) is 4.97. The van der Waals surface area contributed by atoms with Crippen molar-refractivity contribution in [2.45, 2.75) is 38.3 Å². The quantitative estimate of drug-likeness (QED) is 0.813. The van der Waals surface area contributed by atoms with E-state index in [4.69, 9.17) is 5.73 Å². The van der Waals surface area contributed by atoms with Gasteiger partial charge < -0.3 is 16.0 Å². The minimum absolute atomic E-state index is 0.0202. The molecule has 2 heterocycles. The molecule has 2 rings (SSSR count). The van der Waals surface area contributed by atoms with E-state index in [0.29, 0.717) is 0 Å². The average molecular weight is 279 g/mol. The van der Waals surface area contributed by atoms with E-state index in [1.54, 1.807) is 6.20 Å². The van der Waals surface area contributed by atoms with Gasteiger partial charge in [-0.05, 0) is 31.7 Å². The Bertz CT molecular complexity index is 446. The minimum atomic E-state index is -0.663. The van der Waals surface area contributed by atoms with Gasteiger partial charge in [0.05, 0.1) is 6.54 Å². The number of carbonyl (C=O) groups excluding carboxylic acids is 2. The number of hydrogen-bond donors (Lipinski definition) is 2. The third-order valence-corrected chi connectivity index (χ3v) is 3.61. The molecular weight excluding hydrogens is 258 g/mol. The van der Waals surface area contributed by atoms with Crippen LogP contribution >= 0.6 is 0 Å². The normalized spacial score (nSPS) is 18.8. The first-order valence-corrected chi connectivity index (χ1v) is 6.97. The molecule has 7 heteroatoms. The Morgan fingerprint density at radius 3 is 2.95 bits per heavy atom. The SMILES string of the molecule is NC(=O)NCC(=O)N1CCCC[C@H]1CCn1cccn1. The number of aryl methyl sites for hydroxylation is 1. The van der Waals surface area contributed by atoms with Crippen molar-refractivity contribution in [2.75, 3.05) is 13.1 Å². The smallest absolute Gasteiger partial charge is 0.312 e. The summed E-state index contributed by atoms with van der Waals surface area (Å²) in [6, 6.07) is 1.44. The van der Waals surface area contributed by atoms with E-state index in [-0.39, 0.29) is 18.5 Å². The van der Waals surface area contributed by atoms with E-state index < -0.39 is 6.03 Å². The first-order valence-electron chi connectivity index (χ1n) is 6.97. The van der Waals surface area contributed by atoms with E-state index in [1.165, 1.54) is 0 Å². The maximum atomic E-state index is 12.1. The molecule has 0 aromatic carbocycles. The first-order chi connectivity index (χ1) is 9.66. The lowest BCUT2D eigenvalue weighted by Gasteiger charge is -2.36. The highest BCUT2D eigenvalue weighted by Crippen LogP contribution is 2.20. The molecule has 1 aromatic heterocycles. The van der Waals surface area contributed by atoms with Gasteiger partial charge in [-0.2, -0.15) is 5.10 Å². The average Bonchev–Trinajstić information content (AvgIpc) is 2.96. The zero-order valence-electron chi connectivity index (χ0n) is 11.5. The summed E-state index contributed by atoms with van der Waals surface area (Å²) in [6.07, 6.45) is 7.70. The zero-order valence-corrected chi connectivity index (χ0v) is 11.5. The predicted molar refractivity (Wildman–Crippen MR) is 73.8 cm³/mol. The number of carbonyl (C=O) groups is 2. The number of nitrogens with two attached hydrogens (primary N) is 1. The number of urea groups is 1. The molecule has 1 aliphatic rings. The van der Waals surface area contributed by atoms with E-state index >= 15 is 0 Å². The second-order valence-electron chi connectivity index (χ2n) is 5.01. The third kappa shape index (κ3) is 3.97. The molecule has 110 valence electrons. The van der Waals surface area contributed by atoms with Gasteiger partial charge in [0.15, 0.2) is 0 Å². The van der Waals surface area contributed by atoms with Gasteiger partial charge >= 0.3 is 6.03 Å². The van der Waals surface area contributed by atoms with Crippen LogP contribution in [0.15, 0.2) is 18.5 Å². The summed E-state index contributed by atoms with van der Waals surface area (Å²) in [5, 5.41) is 6.53. The monoisotopic (exact) mass is 279 g/mol. The van der Waals surface area contributed by atoms with Crippen LogP contribution in [0.5, 0.6) is 0 Å². The summed E-state index contributed by atoms with van der Waals surface area (Å²) in [5.41, 5.74) is 5.00. The van der Waals surface area contributed by atoms with Crippen molar-refractivity contribution >= 4 is 11.9 Å². The summed E-state index contributed by atoms with van der Waals surface area (Å²) in [4.78, 5) is 24.6. The van der Waals surface area contributed by atoms with Crippen molar-refractivity contribution in [3.63, 3.8) is 0 Å². The fourth-order valence-electron chi connectivity index (χ4n) is 2.61. The van der Waals surface area contributed by atoms with Gasteiger partial charge in [0.25, 0.3) is 0 Å². The van der Waals surface area contributed by atoms with Crippen LogP contribution < -0.4 is 11.1 Å². The van der Waals surface area contributed by atoms with Gasteiger partial charge in [0.2, 0.25) is 5.91 Å². The number of rotatable bonds is 5. The van der Waals surface area contributed by atoms with Gasteiger partial charge in [-0.1, -0.05) is 0 Å². The first kappa shape index (κ1) is 14.4. The molecule has 0 unspecified atom stereocenters. The molecule has 1 aromatic rings. The fourth-order valence-corrected chi connectivity index (χ4v) is 2.61. The second kappa shape index (κ2) is 6.93.